The van der Waals surface area contributed by atoms with E-state index in [9.17, 15) is 31.2 Å². The molecule has 3 rings (SSSR count). The molecule has 11 heteroatoms. The van der Waals surface area contributed by atoms with Gasteiger partial charge in [-0.3, -0.25) is 4.90 Å². The molecule has 0 unspecified atom stereocenters. The highest BCUT2D eigenvalue weighted by Crippen LogP contribution is 2.37. The molecule has 2 amide bonds. The van der Waals surface area contributed by atoms with Gasteiger partial charge in [0.25, 0.3) is 10.0 Å². The van der Waals surface area contributed by atoms with Crippen LogP contribution < -0.4 is 4.90 Å². The van der Waals surface area contributed by atoms with Crippen LogP contribution in [-0.2, 0) is 25.7 Å². The summed E-state index contributed by atoms with van der Waals surface area (Å²) in [5, 5.41) is 0. The third-order valence-corrected chi connectivity index (χ3v) is 6.14. The molecule has 1 heterocycles. The summed E-state index contributed by atoms with van der Waals surface area (Å²) in [5.41, 5.74) is -1.20. The number of anilines is 1. The average molecular weight is 428 g/mol. The van der Waals surface area contributed by atoms with E-state index < -0.39 is 51.2 Å². The molecule has 1 saturated heterocycles. The molecule has 1 atom stereocenters. The molecule has 154 valence electrons. The molecule has 0 N–H and O–H groups in total. The highest BCUT2D eigenvalue weighted by atomic mass is 32.2. The van der Waals surface area contributed by atoms with Gasteiger partial charge in [-0.1, -0.05) is 30.3 Å². The van der Waals surface area contributed by atoms with Crippen molar-refractivity contribution in [3.63, 3.8) is 0 Å². The minimum Gasteiger partial charge on any atom is -0.467 e. The van der Waals surface area contributed by atoms with Gasteiger partial charge < -0.3 is 4.74 Å². The SMILES string of the molecule is COC(=O)[C@@H]1CN(S(=O)(=O)c2ccccc2C(F)(F)F)C(=O)N1c1ccccc1. The zero-order valence-corrected chi connectivity index (χ0v) is 15.8. The standard InChI is InChI=1S/C18H15F3N2O5S/c1-28-16(24)14-11-22(17(25)23(14)12-7-3-2-4-8-12)29(26,27)15-10-6-5-9-13(15)18(19,20)21/h2-10,14H,11H2,1H3/t14-/m0/s1. The molecule has 1 aliphatic heterocycles. The van der Waals surface area contributed by atoms with E-state index in [4.69, 9.17) is 0 Å². The number of sulfonamides is 1. The van der Waals surface area contributed by atoms with Crippen LogP contribution in [0, 0.1) is 0 Å². The predicted octanol–water partition coefficient (Wildman–Crippen LogP) is 2.88. The topological polar surface area (TPSA) is 84.0 Å². The Balaban J connectivity index is 2.10. The first-order valence-electron chi connectivity index (χ1n) is 8.24. The van der Waals surface area contributed by atoms with Gasteiger partial charge in [-0.2, -0.15) is 13.2 Å². The van der Waals surface area contributed by atoms with Gasteiger partial charge in [-0.15, -0.1) is 0 Å². The van der Waals surface area contributed by atoms with Gasteiger partial charge in [0.05, 0.1) is 24.1 Å². The lowest BCUT2D eigenvalue weighted by atomic mass is 10.2. The van der Waals surface area contributed by atoms with Crippen LogP contribution in [0.1, 0.15) is 5.56 Å². The number of amides is 2. The van der Waals surface area contributed by atoms with E-state index in [0.29, 0.717) is 6.07 Å². The maximum atomic E-state index is 13.3. The predicted molar refractivity (Wildman–Crippen MR) is 95.5 cm³/mol. The number of methoxy groups -OCH3 is 1. The van der Waals surface area contributed by atoms with Crippen LogP contribution in [0.15, 0.2) is 59.5 Å². The van der Waals surface area contributed by atoms with E-state index in [1.54, 1.807) is 18.2 Å². The van der Waals surface area contributed by atoms with Crippen LogP contribution in [0.25, 0.3) is 0 Å². The fourth-order valence-electron chi connectivity index (χ4n) is 3.01. The molecular weight excluding hydrogens is 413 g/mol. The van der Waals surface area contributed by atoms with Crippen molar-refractivity contribution in [1.29, 1.82) is 0 Å². The van der Waals surface area contributed by atoms with Gasteiger partial charge in [-0.25, -0.2) is 22.3 Å². The van der Waals surface area contributed by atoms with E-state index in [-0.39, 0.29) is 9.99 Å². The summed E-state index contributed by atoms with van der Waals surface area (Å²) in [5.74, 6) is -0.899. The molecule has 29 heavy (non-hydrogen) atoms. The largest absolute Gasteiger partial charge is 0.467 e. The Bertz CT molecular complexity index is 1040. The van der Waals surface area contributed by atoms with Crippen molar-refractivity contribution in [2.24, 2.45) is 0 Å². The molecular formula is C18H15F3N2O5S. The Kier molecular flexibility index (Phi) is 5.26. The number of halogens is 3. The van der Waals surface area contributed by atoms with Crippen LogP contribution in [0.2, 0.25) is 0 Å². The Morgan fingerprint density at radius 3 is 2.24 bits per heavy atom. The summed E-state index contributed by atoms with van der Waals surface area (Å²) in [6.07, 6.45) is -4.95. The third-order valence-electron chi connectivity index (χ3n) is 4.34. The molecule has 1 fully saturated rings. The maximum Gasteiger partial charge on any atom is 0.417 e. The number of nitrogens with zero attached hydrogens (tertiary/aromatic N) is 2. The van der Waals surface area contributed by atoms with E-state index in [0.717, 1.165) is 30.2 Å². The monoisotopic (exact) mass is 428 g/mol. The van der Waals surface area contributed by atoms with Crippen LogP contribution in [-0.4, -0.2) is 44.4 Å². The van der Waals surface area contributed by atoms with Crippen LogP contribution in [0.5, 0.6) is 0 Å². The van der Waals surface area contributed by atoms with Crippen LogP contribution in [0.3, 0.4) is 0 Å². The van der Waals surface area contributed by atoms with Crippen LogP contribution in [0.4, 0.5) is 23.7 Å². The summed E-state index contributed by atoms with van der Waals surface area (Å²) in [7, 11) is -3.84. The van der Waals surface area contributed by atoms with Gasteiger partial charge in [0.2, 0.25) is 0 Å². The summed E-state index contributed by atoms with van der Waals surface area (Å²) in [6, 6.07) is 8.75. The van der Waals surface area contributed by atoms with E-state index in [2.05, 4.69) is 4.74 Å². The fourth-order valence-corrected chi connectivity index (χ4v) is 4.59. The minimum absolute atomic E-state index is 0.203. The Morgan fingerprint density at radius 2 is 1.66 bits per heavy atom. The zero-order valence-electron chi connectivity index (χ0n) is 15.0. The first-order chi connectivity index (χ1) is 13.6. The second-order valence-electron chi connectivity index (χ2n) is 6.06. The summed E-state index contributed by atoms with van der Waals surface area (Å²) < 4.78 is 70.8. The van der Waals surface area contributed by atoms with Crippen molar-refractivity contribution in [3.05, 3.63) is 60.2 Å². The van der Waals surface area contributed by atoms with E-state index >= 15 is 0 Å². The number of para-hydroxylation sites is 1. The number of carbonyl (C=O) groups excluding carboxylic acids is 2. The molecule has 0 aliphatic carbocycles. The van der Waals surface area contributed by atoms with Crippen molar-refractivity contribution < 1.29 is 35.9 Å². The number of hydrogen-bond donors (Lipinski definition) is 0. The second kappa shape index (κ2) is 7.39. The number of esters is 1. The van der Waals surface area contributed by atoms with Crippen molar-refractivity contribution >= 4 is 27.7 Å². The fraction of sp³-hybridized carbons (Fsp3) is 0.222. The molecule has 2 aromatic carbocycles. The lowest BCUT2D eigenvalue weighted by molar-refractivity contribution is -0.142. The molecule has 0 radical (unpaired) electrons. The second-order valence-corrected chi connectivity index (χ2v) is 7.89. The Hall–Kier alpha value is -3.08. The van der Waals surface area contributed by atoms with Gasteiger partial charge >= 0.3 is 18.2 Å². The molecule has 0 spiro atoms. The average Bonchev–Trinajstić information content (AvgIpc) is 3.05. The molecule has 0 saturated carbocycles. The van der Waals surface area contributed by atoms with Gasteiger partial charge in [0, 0.05) is 5.69 Å². The highest BCUT2D eigenvalue weighted by molar-refractivity contribution is 7.89. The Labute approximate surface area is 164 Å². The van der Waals surface area contributed by atoms with Crippen molar-refractivity contribution in [1.82, 2.24) is 4.31 Å². The van der Waals surface area contributed by atoms with Crippen LogP contribution >= 0.6 is 0 Å². The number of hydrogen-bond acceptors (Lipinski definition) is 5. The smallest absolute Gasteiger partial charge is 0.417 e. The number of carbonyl (C=O) groups is 2. The lowest BCUT2D eigenvalue weighted by Gasteiger charge is -2.22. The van der Waals surface area contributed by atoms with E-state index in [1.165, 1.54) is 12.1 Å². The summed E-state index contributed by atoms with van der Waals surface area (Å²) in [4.78, 5) is 24.9. The number of rotatable bonds is 4. The van der Waals surface area contributed by atoms with Crippen molar-refractivity contribution in [2.45, 2.75) is 17.1 Å². The molecule has 2 aromatic rings. The van der Waals surface area contributed by atoms with Gasteiger partial charge in [0.15, 0.2) is 6.04 Å². The third kappa shape index (κ3) is 3.65. The summed E-state index contributed by atoms with van der Waals surface area (Å²) >= 11 is 0. The first-order valence-corrected chi connectivity index (χ1v) is 9.68. The normalized spacial score (nSPS) is 17.5. The quantitative estimate of drug-likeness (QED) is 0.700. The molecule has 7 nitrogen and oxygen atoms in total. The summed E-state index contributed by atoms with van der Waals surface area (Å²) in [6.45, 7) is -0.686. The number of ether oxygens (including phenoxy) is 1. The van der Waals surface area contributed by atoms with E-state index in [1.807, 2.05) is 0 Å². The lowest BCUT2D eigenvalue weighted by Crippen LogP contribution is -2.40. The maximum absolute atomic E-state index is 13.3. The number of alkyl halides is 3. The number of benzene rings is 2. The first kappa shape index (κ1) is 20.6. The van der Waals surface area contributed by atoms with Gasteiger partial charge in [0.1, 0.15) is 0 Å². The van der Waals surface area contributed by atoms with Crippen molar-refractivity contribution in [2.75, 3.05) is 18.6 Å². The molecule has 0 bridgehead atoms. The zero-order chi connectivity index (χ0) is 21.4. The minimum atomic E-state index is -4.95. The number of urea groups is 1. The Morgan fingerprint density at radius 1 is 1.07 bits per heavy atom. The van der Waals surface area contributed by atoms with Crippen molar-refractivity contribution in [3.8, 4) is 0 Å². The molecule has 0 aromatic heterocycles. The highest BCUT2D eigenvalue weighted by Gasteiger charge is 2.50. The van der Waals surface area contributed by atoms with Gasteiger partial charge in [-0.05, 0) is 24.3 Å². The molecule has 1 aliphatic rings.